The molecule has 4 aromatic heterocycles. The van der Waals surface area contributed by atoms with Crippen LogP contribution in [-0.2, 0) is 4.74 Å². The van der Waals surface area contributed by atoms with Gasteiger partial charge in [0.05, 0.1) is 6.61 Å². The maximum absolute atomic E-state index is 14.2. The van der Waals surface area contributed by atoms with Gasteiger partial charge in [-0.1, -0.05) is 0 Å². The largest absolute Gasteiger partial charge is 0.383 e. The first kappa shape index (κ1) is 15.5. The van der Waals surface area contributed by atoms with E-state index < -0.39 is 0 Å². The van der Waals surface area contributed by atoms with E-state index in [-0.39, 0.29) is 11.9 Å². The first-order chi connectivity index (χ1) is 12.2. The van der Waals surface area contributed by atoms with Crippen molar-refractivity contribution in [2.24, 2.45) is 0 Å². The van der Waals surface area contributed by atoms with Crippen molar-refractivity contribution in [2.45, 2.75) is 13.0 Å². The summed E-state index contributed by atoms with van der Waals surface area (Å²) in [4.78, 5) is 15.9. The molecule has 0 bridgehead atoms. The highest BCUT2D eigenvalue weighted by Crippen LogP contribution is 2.29. The van der Waals surface area contributed by atoms with Crippen molar-refractivity contribution >= 4 is 22.6 Å². The Morgan fingerprint density at radius 1 is 1.40 bits per heavy atom. The second-order valence-electron chi connectivity index (χ2n) is 5.89. The van der Waals surface area contributed by atoms with Gasteiger partial charge in [0.25, 0.3) is 0 Å². The molecule has 25 heavy (non-hydrogen) atoms. The topological polar surface area (TPSA) is 80.1 Å². The molecule has 0 amide bonds. The van der Waals surface area contributed by atoms with E-state index in [1.54, 1.807) is 36.3 Å². The van der Waals surface area contributed by atoms with Crippen LogP contribution in [0.1, 0.15) is 6.92 Å². The Morgan fingerprint density at radius 3 is 3.12 bits per heavy atom. The van der Waals surface area contributed by atoms with Gasteiger partial charge in [-0.15, -0.1) is 0 Å². The van der Waals surface area contributed by atoms with Crippen LogP contribution in [0, 0.1) is 5.82 Å². The zero-order valence-corrected chi connectivity index (χ0v) is 13.8. The lowest BCUT2D eigenvalue weighted by Crippen LogP contribution is -2.22. The molecule has 8 heteroatoms. The molecular formula is C17H17FN6O. The predicted octanol–water partition coefficient (Wildman–Crippen LogP) is 2.86. The van der Waals surface area contributed by atoms with Crippen molar-refractivity contribution in [3.63, 3.8) is 0 Å². The number of halogens is 1. The fourth-order valence-electron chi connectivity index (χ4n) is 2.87. The second kappa shape index (κ2) is 6.14. The Morgan fingerprint density at radius 2 is 2.28 bits per heavy atom. The number of pyridine rings is 1. The third kappa shape index (κ3) is 2.80. The van der Waals surface area contributed by atoms with Gasteiger partial charge in [0.2, 0.25) is 5.95 Å². The first-order valence-corrected chi connectivity index (χ1v) is 7.88. The Balaban J connectivity index is 1.72. The van der Waals surface area contributed by atoms with Gasteiger partial charge in [-0.25, -0.2) is 14.4 Å². The van der Waals surface area contributed by atoms with Crippen LogP contribution in [0.25, 0.3) is 27.8 Å². The molecule has 128 valence electrons. The minimum Gasteiger partial charge on any atom is -0.383 e. The highest BCUT2D eigenvalue weighted by molar-refractivity contribution is 5.93. The minimum absolute atomic E-state index is 0.0922. The molecule has 0 aliphatic carbocycles. The number of aromatic amines is 1. The van der Waals surface area contributed by atoms with E-state index in [9.17, 15) is 4.39 Å². The van der Waals surface area contributed by atoms with Crippen LogP contribution >= 0.6 is 0 Å². The summed E-state index contributed by atoms with van der Waals surface area (Å²) >= 11 is 0. The molecule has 4 rings (SSSR count). The summed E-state index contributed by atoms with van der Waals surface area (Å²) in [5, 5.41) is 4.00. The standard InChI is InChI=1S/C17H17FN6O/c1-10(9-25-2)22-17-21-7-13-12(6-20-15(13)23-17)11-5-14(18)16-19-3-4-24(16)8-11/h3-8,10H,9H2,1-2H3,(H2,20,21,22,23). The van der Waals surface area contributed by atoms with Crippen LogP contribution in [-0.4, -0.2) is 44.1 Å². The van der Waals surface area contributed by atoms with Crippen LogP contribution in [0.5, 0.6) is 0 Å². The lowest BCUT2D eigenvalue weighted by Gasteiger charge is -2.12. The summed E-state index contributed by atoms with van der Waals surface area (Å²) in [6.45, 7) is 2.54. The molecule has 0 aromatic carbocycles. The molecular weight excluding hydrogens is 323 g/mol. The zero-order valence-electron chi connectivity index (χ0n) is 13.8. The molecule has 4 aromatic rings. The number of hydrogen-bond donors (Lipinski definition) is 2. The molecule has 0 aliphatic heterocycles. The number of nitrogens with one attached hydrogen (secondary N) is 2. The normalized spacial score (nSPS) is 12.8. The smallest absolute Gasteiger partial charge is 0.224 e. The summed E-state index contributed by atoms with van der Waals surface area (Å²) in [5.74, 6) is 0.145. The lowest BCUT2D eigenvalue weighted by molar-refractivity contribution is 0.190. The summed E-state index contributed by atoms with van der Waals surface area (Å²) in [5.41, 5.74) is 2.55. The fourth-order valence-corrected chi connectivity index (χ4v) is 2.87. The molecule has 0 radical (unpaired) electrons. The highest BCUT2D eigenvalue weighted by atomic mass is 19.1. The van der Waals surface area contributed by atoms with Crippen molar-refractivity contribution in [3.05, 3.63) is 42.9 Å². The summed E-state index contributed by atoms with van der Waals surface area (Å²) < 4.78 is 21.0. The fraction of sp³-hybridized carbons (Fsp3) is 0.235. The number of nitrogens with zero attached hydrogens (tertiary/aromatic N) is 4. The molecule has 4 heterocycles. The SMILES string of the molecule is COCC(C)Nc1ncc2c(-c3cc(F)c4nccn4c3)c[nH]c2n1. The maximum Gasteiger partial charge on any atom is 0.224 e. The van der Waals surface area contributed by atoms with Gasteiger partial charge in [0, 0.05) is 60.6 Å². The number of rotatable bonds is 5. The van der Waals surface area contributed by atoms with E-state index >= 15 is 0 Å². The number of hydrogen-bond acceptors (Lipinski definition) is 5. The van der Waals surface area contributed by atoms with Gasteiger partial charge in [-0.3, -0.25) is 0 Å². The number of anilines is 1. The van der Waals surface area contributed by atoms with Crippen molar-refractivity contribution < 1.29 is 9.13 Å². The van der Waals surface area contributed by atoms with E-state index in [1.165, 1.54) is 6.07 Å². The van der Waals surface area contributed by atoms with Crippen molar-refractivity contribution in [2.75, 3.05) is 19.0 Å². The van der Waals surface area contributed by atoms with E-state index in [0.717, 1.165) is 16.5 Å². The van der Waals surface area contributed by atoms with Gasteiger partial charge in [-0.2, -0.15) is 4.98 Å². The number of fused-ring (bicyclic) bond motifs is 2. The van der Waals surface area contributed by atoms with Gasteiger partial charge >= 0.3 is 0 Å². The van der Waals surface area contributed by atoms with E-state index in [4.69, 9.17) is 4.74 Å². The Kier molecular flexibility index (Phi) is 3.81. The van der Waals surface area contributed by atoms with Crippen molar-refractivity contribution in [1.82, 2.24) is 24.3 Å². The van der Waals surface area contributed by atoms with E-state index in [2.05, 4.69) is 25.3 Å². The average Bonchev–Trinajstić information content (AvgIpc) is 3.21. The summed E-state index contributed by atoms with van der Waals surface area (Å²) in [6, 6.07) is 1.56. The van der Waals surface area contributed by atoms with Crippen LogP contribution in [0.2, 0.25) is 0 Å². The third-order valence-corrected chi connectivity index (χ3v) is 3.98. The second-order valence-corrected chi connectivity index (χ2v) is 5.89. The molecule has 7 nitrogen and oxygen atoms in total. The quantitative estimate of drug-likeness (QED) is 0.584. The predicted molar refractivity (Wildman–Crippen MR) is 93.0 cm³/mol. The van der Waals surface area contributed by atoms with Crippen LogP contribution < -0.4 is 5.32 Å². The Bertz CT molecular complexity index is 1040. The minimum atomic E-state index is -0.371. The molecule has 0 spiro atoms. The monoisotopic (exact) mass is 340 g/mol. The molecule has 0 fully saturated rings. The van der Waals surface area contributed by atoms with Gasteiger partial charge in [0.1, 0.15) is 5.65 Å². The lowest BCUT2D eigenvalue weighted by atomic mass is 10.1. The van der Waals surface area contributed by atoms with Crippen molar-refractivity contribution in [1.29, 1.82) is 0 Å². The molecule has 0 saturated carbocycles. The number of aromatic nitrogens is 5. The third-order valence-electron chi connectivity index (χ3n) is 3.98. The number of ether oxygens (including phenoxy) is 1. The maximum atomic E-state index is 14.2. The first-order valence-electron chi connectivity index (χ1n) is 7.88. The summed E-state index contributed by atoms with van der Waals surface area (Å²) in [7, 11) is 1.65. The van der Waals surface area contributed by atoms with Gasteiger partial charge in [-0.05, 0) is 13.0 Å². The number of H-pyrrole nitrogens is 1. The molecule has 0 saturated heterocycles. The Labute approximate surface area is 142 Å². The number of methoxy groups -OCH3 is 1. The Hall–Kier alpha value is -3.00. The highest BCUT2D eigenvalue weighted by Gasteiger charge is 2.13. The van der Waals surface area contributed by atoms with E-state index in [1.807, 2.05) is 13.1 Å². The van der Waals surface area contributed by atoms with Crippen molar-refractivity contribution in [3.8, 4) is 11.1 Å². The molecule has 1 unspecified atom stereocenters. The van der Waals surface area contributed by atoms with Crippen LogP contribution in [0.3, 0.4) is 0 Å². The molecule has 1 atom stereocenters. The van der Waals surface area contributed by atoms with Crippen LogP contribution in [0.4, 0.5) is 10.3 Å². The van der Waals surface area contributed by atoms with Crippen LogP contribution in [0.15, 0.2) is 37.1 Å². The summed E-state index contributed by atoms with van der Waals surface area (Å²) in [6.07, 6.45) is 8.65. The molecule has 2 N–H and O–H groups in total. The zero-order chi connectivity index (χ0) is 17.4. The van der Waals surface area contributed by atoms with Gasteiger partial charge < -0.3 is 19.4 Å². The van der Waals surface area contributed by atoms with Gasteiger partial charge in [0.15, 0.2) is 11.5 Å². The number of imidazole rings is 1. The average molecular weight is 340 g/mol. The van der Waals surface area contributed by atoms with E-state index in [0.29, 0.717) is 23.8 Å². The molecule has 0 aliphatic rings.